The van der Waals surface area contributed by atoms with Crippen LogP contribution in [0.1, 0.15) is 67.7 Å². The summed E-state index contributed by atoms with van der Waals surface area (Å²) in [7, 11) is 0. The quantitative estimate of drug-likeness (QED) is 0.475. The van der Waals surface area contributed by atoms with E-state index in [0.29, 0.717) is 24.7 Å². The number of rotatable bonds is 7. The van der Waals surface area contributed by atoms with Crippen LogP contribution in [0.15, 0.2) is 43.0 Å². The average molecular weight is 539 g/mol. The molecule has 2 N–H and O–H groups in total. The van der Waals surface area contributed by atoms with Crippen molar-refractivity contribution in [3.63, 3.8) is 0 Å². The van der Waals surface area contributed by atoms with Crippen LogP contribution in [0.4, 0.5) is 8.78 Å². The summed E-state index contributed by atoms with van der Waals surface area (Å²) in [6.07, 6.45) is 12.5. The number of piperidine rings is 1. The first-order valence-corrected chi connectivity index (χ1v) is 13.4. The van der Waals surface area contributed by atoms with Crippen LogP contribution < -0.4 is 10.6 Å². The van der Waals surface area contributed by atoms with E-state index >= 15 is 0 Å². The number of nitrogens with one attached hydrogen (secondary N) is 2. The molecule has 1 saturated carbocycles. The number of nitrogens with zero attached hydrogens (tertiary/aromatic N) is 6. The Morgan fingerprint density at radius 2 is 1.92 bits per heavy atom. The third-order valence-electron chi connectivity index (χ3n) is 7.66. The van der Waals surface area contributed by atoms with E-state index in [1.54, 1.807) is 18.6 Å². The van der Waals surface area contributed by atoms with Crippen molar-refractivity contribution in [2.24, 2.45) is 5.92 Å². The van der Waals surface area contributed by atoms with Gasteiger partial charge in [-0.2, -0.15) is 0 Å². The zero-order valence-electron chi connectivity index (χ0n) is 21.8. The van der Waals surface area contributed by atoms with Crippen molar-refractivity contribution in [1.29, 1.82) is 0 Å². The van der Waals surface area contributed by atoms with Crippen LogP contribution in [-0.2, 0) is 4.79 Å². The number of hydrogen-bond acceptors (Lipinski definition) is 7. The number of aromatic nitrogens is 5. The third kappa shape index (κ3) is 6.27. The fraction of sp³-hybridized carbons (Fsp3) is 0.481. The van der Waals surface area contributed by atoms with Crippen LogP contribution >= 0.6 is 0 Å². The molecule has 0 spiro atoms. The van der Waals surface area contributed by atoms with Gasteiger partial charge in [0.1, 0.15) is 11.5 Å². The molecule has 3 heterocycles. The van der Waals surface area contributed by atoms with Gasteiger partial charge in [-0.15, -0.1) is 5.10 Å². The van der Waals surface area contributed by atoms with Gasteiger partial charge in [-0.3, -0.25) is 24.5 Å². The van der Waals surface area contributed by atoms with Gasteiger partial charge in [0.15, 0.2) is 11.5 Å². The van der Waals surface area contributed by atoms with E-state index in [-0.39, 0.29) is 23.3 Å². The molecular weight excluding hydrogens is 506 g/mol. The molecule has 39 heavy (non-hydrogen) atoms. The van der Waals surface area contributed by atoms with Gasteiger partial charge in [-0.1, -0.05) is 24.5 Å². The molecule has 3 atom stereocenters. The lowest BCUT2D eigenvalue weighted by molar-refractivity contribution is -0.128. The molecule has 0 radical (unpaired) electrons. The highest BCUT2D eigenvalue weighted by Crippen LogP contribution is 2.28. The molecule has 2 amide bonds. The average Bonchev–Trinajstić information content (AvgIpc) is 3.44. The van der Waals surface area contributed by atoms with Crippen LogP contribution in [0, 0.1) is 17.6 Å². The number of halogens is 2. The maximum absolute atomic E-state index is 14.2. The summed E-state index contributed by atoms with van der Waals surface area (Å²) in [4.78, 5) is 37.5. The van der Waals surface area contributed by atoms with Gasteiger partial charge < -0.3 is 10.6 Å². The number of amides is 2. The Kier molecular flexibility index (Phi) is 8.20. The maximum Gasteiger partial charge on any atom is 0.273 e. The van der Waals surface area contributed by atoms with E-state index in [1.807, 2.05) is 6.92 Å². The first-order chi connectivity index (χ1) is 18.9. The van der Waals surface area contributed by atoms with Crippen LogP contribution in [0.25, 0.3) is 5.69 Å². The van der Waals surface area contributed by atoms with Crippen molar-refractivity contribution in [1.82, 2.24) is 40.5 Å². The van der Waals surface area contributed by atoms with E-state index in [2.05, 4.69) is 35.8 Å². The zero-order valence-corrected chi connectivity index (χ0v) is 21.8. The molecule has 5 rings (SSSR count). The van der Waals surface area contributed by atoms with Crippen LogP contribution in [0.2, 0.25) is 0 Å². The zero-order chi connectivity index (χ0) is 27.4. The molecule has 0 unspecified atom stereocenters. The number of benzene rings is 1. The molecule has 2 fully saturated rings. The smallest absolute Gasteiger partial charge is 0.273 e. The van der Waals surface area contributed by atoms with Crippen molar-refractivity contribution < 1.29 is 18.4 Å². The van der Waals surface area contributed by atoms with E-state index < -0.39 is 29.5 Å². The summed E-state index contributed by atoms with van der Waals surface area (Å²) >= 11 is 0. The molecular formula is C27H32F2N8O2. The SMILES string of the molecule is C[C@@H](NC(=O)[C@@H]1CN(C2CCCCC2)CC[C@H]1NC(=O)c1cn(-c2ccc(F)cc2F)nn1)c1cnccn1. The topological polar surface area (TPSA) is 118 Å². The Hall–Kier alpha value is -3.80. The maximum atomic E-state index is 14.2. The Morgan fingerprint density at radius 1 is 1.10 bits per heavy atom. The second-order valence-corrected chi connectivity index (χ2v) is 10.3. The summed E-state index contributed by atoms with van der Waals surface area (Å²) in [6.45, 7) is 3.15. The first kappa shape index (κ1) is 26.8. The van der Waals surface area contributed by atoms with E-state index in [4.69, 9.17) is 0 Å². The normalized spacial score (nSPS) is 21.3. The molecule has 1 aliphatic carbocycles. The minimum absolute atomic E-state index is 0.0273. The van der Waals surface area contributed by atoms with Crippen molar-refractivity contribution in [3.8, 4) is 5.69 Å². The predicted octanol–water partition coefficient (Wildman–Crippen LogP) is 2.97. The molecule has 206 valence electrons. The minimum atomic E-state index is -0.823. The number of likely N-dealkylation sites (tertiary alicyclic amines) is 1. The number of hydrogen-bond donors (Lipinski definition) is 2. The summed E-state index contributed by atoms with van der Waals surface area (Å²) in [5, 5.41) is 13.7. The standard InChI is InChI=1S/C27H32F2N8O2/c1-17(23-14-30-10-11-31-23)32-26(38)20-15-36(19-5-3-2-4-6-19)12-9-22(20)33-27(39)24-16-37(35-34-24)25-8-7-18(28)13-21(25)29/h7-8,10-11,13-14,16-17,19-20,22H,2-6,9,12,15H2,1H3,(H,32,38)(H,33,39)/t17-,20-,22-/m1/s1. The molecule has 2 aliphatic rings. The second-order valence-electron chi connectivity index (χ2n) is 10.3. The van der Waals surface area contributed by atoms with Crippen LogP contribution in [0.5, 0.6) is 0 Å². The van der Waals surface area contributed by atoms with Crippen LogP contribution in [-0.4, -0.2) is 66.8 Å². The van der Waals surface area contributed by atoms with Gasteiger partial charge in [0.2, 0.25) is 5.91 Å². The highest BCUT2D eigenvalue weighted by molar-refractivity contribution is 5.92. The highest BCUT2D eigenvalue weighted by atomic mass is 19.1. The summed E-state index contributed by atoms with van der Waals surface area (Å²) in [6, 6.07) is 2.72. The second kappa shape index (κ2) is 11.9. The van der Waals surface area contributed by atoms with Gasteiger partial charge in [0.25, 0.3) is 5.91 Å². The van der Waals surface area contributed by atoms with E-state index in [0.717, 1.165) is 36.2 Å². The molecule has 10 nitrogen and oxygen atoms in total. The predicted molar refractivity (Wildman–Crippen MR) is 138 cm³/mol. The number of carbonyl (C=O) groups is 2. The molecule has 2 aromatic heterocycles. The Bertz CT molecular complexity index is 1300. The van der Waals surface area contributed by atoms with Gasteiger partial charge in [0, 0.05) is 43.6 Å². The van der Waals surface area contributed by atoms with Gasteiger partial charge in [-0.05, 0) is 38.3 Å². The van der Waals surface area contributed by atoms with Gasteiger partial charge in [-0.25, -0.2) is 13.5 Å². The molecule has 1 aliphatic heterocycles. The van der Waals surface area contributed by atoms with Crippen molar-refractivity contribution in [3.05, 3.63) is 66.0 Å². The van der Waals surface area contributed by atoms with Crippen molar-refractivity contribution in [2.75, 3.05) is 13.1 Å². The summed E-state index contributed by atoms with van der Waals surface area (Å²) in [5.74, 6) is -2.72. The molecule has 1 saturated heterocycles. The lowest BCUT2D eigenvalue weighted by Gasteiger charge is -2.43. The molecule has 1 aromatic carbocycles. The van der Waals surface area contributed by atoms with E-state index in [1.165, 1.54) is 31.5 Å². The van der Waals surface area contributed by atoms with Crippen molar-refractivity contribution >= 4 is 11.8 Å². The lowest BCUT2D eigenvalue weighted by Crippen LogP contribution is -2.58. The first-order valence-electron chi connectivity index (χ1n) is 13.4. The summed E-state index contributed by atoms with van der Waals surface area (Å²) < 4.78 is 28.6. The summed E-state index contributed by atoms with van der Waals surface area (Å²) in [5.41, 5.74) is 0.593. The largest absolute Gasteiger partial charge is 0.348 e. The Labute approximate surface area is 225 Å². The molecule has 3 aromatic rings. The van der Waals surface area contributed by atoms with E-state index in [9.17, 15) is 18.4 Å². The highest BCUT2D eigenvalue weighted by Gasteiger charge is 2.38. The monoisotopic (exact) mass is 538 g/mol. The van der Waals surface area contributed by atoms with Gasteiger partial charge >= 0.3 is 0 Å². The van der Waals surface area contributed by atoms with Crippen molar-refractivity contribution in [2.45, 2.75) is 63.6 Å². The molecule has 0 bridgehead atoms. The molecule has 12 heteroatoms. The fourth-order valence-electron chi connectivity index (χ4n) is 5.52. The lowest BCUT2D eigenvalue weighted by atomic mass is 9.86. The third-order valence-corrected chi connectivity index (χ3v) is 7.66. The van der Waals surface area contributed by atoms with Gasteiger partial charge in [0.05, 0.1) is 30.0 Å². The minimum Gasteiger partial charge on any atom is -0.348 e. The van der Waals surface area contributed by atoms with Crippen LogP contribution in [0.3, 0.4) is 0 Å². The number of carbonyl (C=O) groups excluding carboxylic acids is 2. The Balaban J connectivity index is 1.31. The fourth-order valence-corrected chi connectivity index (χ4v) is 5.52. The Morgan fingerprint density at radius 3 is 2.67 bits per heavy atom.